The number of nitriles is 10. The summed E-state index contributed by atoms with van der Waals surface area (Å²) < 4.78 is 50.1. The lowest BCUT2D eigenvalue weighted by molar-refractivity contribution is -0.137. The minimum atomic E-state index is -4.91. The van der Waals surface area contributed by atoms with Gasteiger partial charge in [0.2, 0.25) is 0 Å². The van der Waals surface area contributed by atoms with Gasteiger partial charge in [-0.1, -0.05) is 42.5 Å². The van der Waals surface area contributed by atoms with Crippen LogP contribution in [-0.2, 0) is 6.18 Å². The molecule has 13 rings (SSSR count). The Hall–Kier alpha value is -14.3. The topological polar surface area (TPSA) is 248 Å². The molecule has 12 nitrogen and oxygen atoms in total. The van der Waals surface area contributed by atoms with Crippen molar-refractivity contribution in [2.24, 2.45) is 0 Å². The SMILES string of the molecule is N#Cc1cc(C#N)cc(-c2ccc3c(c2)c2cc(-c4cc(C#N)cc(C#N)c4)ccc2n3-c2ccc(-c3ccc(C#N)cc3C(F)(F)F)cc2-c2ccc(C#N)cc2-n2c3ccc(-c4cc(C#N)cc(C#N)c4)cc3c3cc(-c4cc(C#N)cc(C#N)c4)ccc32)c1. The van der Waals surface area contributed by atoms with Crippen LogP contribution in [-0.4, -0.2) is 9.13 Å². The molecule has 0 bridgehead atoms. The molecule has 92 heavy (non-hydrogen) atoms. The van der Waals surface area contributed by atoms with E-state index >= 15 is 13.2 Å². The number of hydrogen-bond donors (Lipinski definition) is 0. The van der Waals surface area contributed by atoms with Gasteiger partial charge in [0.15, 0.2) is 0 Å². The number of hydrogen-bond acceptors (Lipinski definition) is 10. The summed E-state index contributed by atoms with van der Waals surface area (Å²) in [5.41, 5.74) is 9.93. The average Bonchev–Trinajstić information content (AvgIpc) is 1.59. The van der Waals surface area contributed by atoms with Crippen LogP contribution in [0.4, 0.5) is 13.2 Å². The van der Waals surface area contributed by atoms with Gasteiger partial charge in [0.1, 0.15) is 0 Å². The number of halogens is 3. The molecule has 0 amide bonds. The third-order valence-corrected chi connectivity index (χ3v) is 16.3. The summed E-state index contributed by atoms with van der Waals surface area (Å²) in [6.45, 7) is 0. The van der Waals surface area contributed by atoms with Crippen molar-refractivity contribution >= 4 is 43.6 Å². The third-order valence-electron chi connectivity index (χ3n) is 16.3. The standard InChI is InChI=1S/C77H33F3N12/c78-77(79,80)70-27-44(34-81)1-8-63(70)58-7-14-71(91-72-10-3-54(59-19-46(36-83)15-47(20-59)37-84)29-66(72)67-30-55(4-11-73(67)91)60-21-48(38-85)16-49(22-60)39-86)65(33-58)64-9-2-45(35-82)28-76(64)92-74-12-5-56(61-23-50(40-87)17-51(24-61)41-88)31-68(74)69-32-57(6-13-75(69)92)62-25-52(42-89)18-53(26-62)43-90/h1-33H. The highest BCUT2D eigenvalue weighted by Crippen LogP contribution is 2.47. The first-order valence-electron chi connectivity index (χ1n) is 28.0. The van der Waals surface area contributed by atoms with Crippen LogP contribution in [0.3, 0.4) is 0 Å². The van der Waals surface area contributed by atoms with E-state index in [1.807, 2.05) is 88.0 Å². The second kappa shape index (κ2) is 22.5. The van der Waals surface area contributed by atoms with E-state index in [2.05, 4.69) is 54.6 Å². The molecule has 0 atom stereocenters. The predicted molar refractivity (Wildman–Crippen MR) is 340 cm³/mol. The van der Waals surface area contributed by atoms with Crippen molar-refractivity contribution in [3.05, 3.63) is 261 Å². The molecule has 0 radical (unpaired) electrons. The van der Waals surface area contributed by atoms with Crippen LogP contribution in [0.2, 0.25) is 0 Å². The molecular weight excluding hydrogens is 1150 g/mol. The number of alkyl halides is 3. The predicted octanol–water partition coefficient (Wildman–Crippen LogP) is 17.6. The Morgan fingerprint density at radius 3 is 0.837 bits per heavy atom. The molecule has 13 aromatic rings. The maximum atomic E-state index is 15.4. The summed E-state index contributed by atoms with van der Waals surface area (Å²) in [5, 5.41) is 104. The van der Waals surface area contributed by atoms with Gasteiger partial charge in [0, 0.05) is 32.7 Å². The fraction of sp³-hybridized carbons (Fsp3) is 0.0130. The van der Waals surface area contributed by atoms with Crippen molar-refractivity contribution < 1.29 is 13.2 Å². The van der Waals surface area contributed by atoms with Crippen molar-refractivity contribution in [1.82, 2.24) is 9.13 Å². The first-order valence-corrected chi connectivity index (χ1v) is 28.0. The lowest BCUT2D eigenvalue weighted by atomic mass is 9.92. The van der Waals surface area contributed by atoms with Crippen LogP contribution in [0.1, 0.15) is 61.2 Å². The van der Waals surface area contributed by atoms with Crippen LogP contribution in [0.25, 0.3) is 122 Å². The van der Waals surface area contributed by atoms with Crippen molar-refractivity contribution in [3.63, 3.8) is 0 Å². The van der Waals surface area contributed by atoms with Gasteiger partial charge in [0.25, 0.3) is 0 Å². The molecule has 0 unspecified atom stereocenters. The van der Waals surface area contributed by atoms with Crippen LogP contribution >= 0.6 is 0 Å². The lowest BCUT2D eigenvalue weighted by Crippen LogP contribution is -2.08. The van der Waals surface area contributed by atoms with Crippen LogP contribution in [0, 0.1) is 113 Å². The highest BCUT2D eigenvalue weighted by Gasteiger charge is 2.35. The maximum Gasteiger partial charge on any atom is 0.417 e. The van der Waals surface area contributed by atoms with Crippen LogP contribution < -0.4 is 0 Å². The summed E-state index contributed by atoms with van der Waals surface area (Å²) >= 11 is 0. The molecule has 0 aliphatic heterocycles. The molecule has 11 aromatic carbocycles. The van der Waals surface area contributed by atoms with Gasteiger partial charge in [-0.3, -0.25) is 0 Å². The van der Waals surface area contributed by atoms with E-state index < -0.39 is 11.7 Å². The minimum Gasteiger partial charge on any atom is -0.309 e. The smallest absolute Gasteiger partial charge is 0.309 e. The van der Waals surface area contributed by atoms with Gasteiger partial charge in [-0.25, -0.2) is 0 Å². The number of rotatable bonds is 8. The van der Waals surface area contributed by atoms with E-state index in [1.54, 1.807) is 84.9 Å². The van der Waals surface area contributed by atoms with Crippen molar-refractivity contribution in [2.75, 3.05) is 0 Å². The van der Waals surface area contributed by atoms with E-state index in [-0.39, 0.29) is 66.8 Å². The summed E-state index contributed by atoms with van der Waals surface area (Å²) in [5.74, 6) is 0. The Morgan fingerprint density at radius 1 is 0.228 bits per heavy atom. The maximum absolute atomic E-state index is 15.4. The van der Waals surface area contributed by atoms with Gasteiger partial charge < -0.3 is 9.13 Å². The Bertz CT molecular complexity index is 5510. The fourth-order valence-electron chi connectivity index (χ4n) is 12.2. The molecule has 0 saturated heterocycles. The molecule has 0 aliphatic carbocycles. The molecule has 0 saturated carbocycles. The van der Waals surface area contributed by atoms with Gasteiger partial charge in [-0.05, 0) is 213 Å². The van der Waals surface area contributed by atoms with Crippen molar-refractivity contribution in [1.29, 1.82) is 52.6 Å². The number of nitrogens with zero attached hydrogens (tertiary/aromatic N) is 12. The minimum absolute atomic E-state index is 0.127. The summed E-state index contributed by atoms with van der Waals surface area (Å²) in [6, 6.07) is 76.5. The molecular formula is C77H33F3N12. The third kappa shape index (κ3) is 9.89. The fourth-order valence-corrected chi connectivity index (χ4v) is 12.2. The van der Waals surface area contributed by atoms with Crippen LogP contribution in [0.15, 0.2) is 200 Å². The Morgan fingerprint density at radius 2 is 0.522 bits per heavy atom. The molecule has 15 heteroatoms. The second-order valence-corrected chi connectivity index (χ2v) is 21.6. The van der Waals surface area contributed by atoms with Gasteiger partial charge in [-0.2, -0.15) is 65.8 Å². The summed E-state index contributed by atoms with van der Waals surface area (Å²) in [7, 11) is 0. The number of aromatic nitrogens is 2. The molecule has 0 spiro atoms. The van der Waals surface area contributed by atoms with Crippen LogP contribution in [0.5, 0.6) is 0 Å². The van der Waals surface area contributed by atoms with Gasteiger partial charge >= 0.3 is 6.18 Å². The Labute approximate surface area is 522 Å². The highest BCUT2D eigenvalue weighted by molar-refractivity contribution is 6.14. The molecule has 0 aliphatic rings. The van der Waals surface area contributed by atoms with E-state index in [9.17, 15) is 52.6 Å². The Kier molecular flexibility index (Phi) is 13.9. The first kappa shape index (κ1) is 56.8. The van der Waals surface area contributed by atoms with E-state index in [0.717, 1.165) is 6.07 Å². The van der Waals surface area contributed by atoms with Gasteiger partial charge in [0.05, 0.1) is 155 Å². The summed E-state index contributed by atoms with van der Waals surface area (Å²) in [4.78, 5) is 0. The lowest BCUT2D eigenvalue weighted by Gasteiger charge is -2.21. The highest BCUT2D eigenvalue weighted by atomic mass is 19.4. The van der Waals surface area contributed by atoms with Crippen molar-refractivity contribution in [2.45, 2.75) is 6.18 Å². The number of benzene rings is 11. The average molecular weight is 1180 g/mol. The molecule has 422 valence electrons. The zero-order chi connectivity index (χ0) is 64.1. The zero-order valence-corrected chi connectivity index (χ0v) is 47.6. The van der Waals surface area contributed by atoms with E-state index in [0.29, 0.717) is 111 Å². The summed E-state index contributed by atoms with van der Waals surface area (Å²) in [6.07, 6.45) is -4.91. The van der Waals surface area contributed by atoms with E-state index in [4.69, 9.17) is 0 Å². The second-order valence-electron chi connectivity index (χ2n) is 21.6. The van der Waals surface area contributed by atoms with Crippen molar-refractivity contribution in [3.8, 4) is 139 Å². The quantitative estimate of drug-likeness (QED) is 0.139. The van der Waals surface area contributed by atoms with E-state index in [1.165, 1.54) is 36.4 Å². The Balaban J connectivity index is 1.14. The zero-order valence-electron chi connectivity index (χ0n) is 47.6. The monoisotopic (exact) mass is 1180 g/mol. The van der Waals surface area contributed by atoms with Gasteiger partial charge in [-0.15, -0.1) is 0 Å². The normalized spacial score (nSPS) is 10.9. The molecule has 0 fully saturated rings. The largest absolute Gasteiger partial charge is 0.417 e. The molecule has 2 aromatic heterocycles. The number of fused-ring (bicyclic) bond motifs is 6. The molecule has 0 N–H and O–H groups in total. The first-order chi connectivity index (χ1) is 44.7. The molecule has 2 heterocycles.